The van der Waals surface area contributed by atoms with Crippen molar-refractivity contribution in [1.82, 2.24) is 4.31 Å². The van der Waals surface area contributed by atoms with Crippen LogP contribution in [0.1, 0.15) is 20.8 Å². The minimum absolute atomic E-state index is 0.0571. The van der Waals surface area contributed by atoms with Crippen LogP contribution in [-0.4, -0.2) is 39.6 Å². The molecule has 0 aliphatic rings. The Morgan fingerprint density at radius 1 is 1.56 bits per heavy atom. The van der Waals surface area contributed by atoms with E-state index in [0.29, 0.717) is 0 Å². The molecule has 0 saturated carbocycles. The summed E-state index contributed by atoms with van der Waals surface area (Å²) >= 11 is 6.56. The van der Waals surface area contributed by atoms with Gasteiger partial charge in [-0.25, -0.2) is 4.79 Å². The van der Waals surface area contributed by atoms with Gasteiger partial charge in [-0.2, -0.15) is 5.26 Å². The van der Waals surface area contributed by atoms with Gasteiger partial charge in [-0.3, -0.25) is 13.9 Å². The molecule has 0 aromatic carbocycles. The van der Waals surface area contributed by atoms with Crippen molar-refractivity contribution in [3.8, 4) is 6.07 Å². The first-order valence-electron chi connectivity index (χ1n) is 4.92. The number of halogens is 1. The second kappa shape index (κ2) is 7.24. The molecule has 0 aliphatic heterocycles. The number of oxime groups is 1. The summed E-state index contributed by atoms with van der Waals surface area (Å²) in [6.45, 7) is 4.34. The monoisotopic (exact) mass is 291 g/mol. The Balaban J connectivity index is 4.51. The van der Waals surface area contributed by atoms with Crippen LogP contribution in [0.4, 0.5) is 4.79 Å². The number of nitrogens with zero attached hydrogens (tertiary/aromatic N) is 3. The minimum atomic E-state index is -0.936. The number of rotatable bonds is 5. The minimum Gasteiger partial charge on any atom is -0.297 e. The molecule has 1 atom stereocenters. The lowest BCUT2D eigenvalue weighted by Crippen LogP contribution is -2.30. The maximum Gasteiger partial charge on any atom is 0.445 e. The Bertz CT molecular complexity index is 408. The zero-order valence-corrected chi connectivity index (χ0v) is 12.1. The molecule has 0 aromatic rings. The van der Waals surface area contributed by atoms with Crippen LogP contribution in [0.25, 0.3) is 0 Å². The van der Waals surface area contributed by atoms with E-state index in [1.807, 2.05) is 6.07 Å². The topological polar surface area (TPSA) is 82.8 Å². The smallest absolute Gasteiger partial charge is 0.297 e. The van der Waals surface area contributed by atoms with Crippen molar-refractivity contribution < 1.29 is 14.4 Å². The van der Waals surface area contributed by atoms with Crippen LogP contribution in [0.15, 0.2) is 5.16 Å². The molecule has 1 amide bonds. The Labute approximate surface area is 115 Å². The maximum atomic E-state index is 11.5. The maximum absolute atomic E-state index is 11.5. The third kappa shape index (κ3) is 5.38. The van der Waals surface area contributed by atoms with E-state index in [2.05, 4.69) is 9.99 Å². The molecular weight excluding hydrogens is 278 g/mol. The molecule has 0 radical (unpaired) electrons. The van der Waals surface area contributed by atoms with E-state index < -0.39 is 10.8 Å². The van der Waals surface area contributed by atoms with Gasteiger partial charge in [-0.05, 0) is 25.8 Å². The SMILES string of the molecule is CC(=O)/C(C)=N/OC(=O)N(C)SC(C)(C#N)CCl. The van der Waals surface area contributed by atoms with Crippen LogP contribution >= 0.6 is 23.5 Å². The highest BCUT2D eigenvalue weighted by molar-refractivity contribution is 7.99. The number of hydrogen-bond acceptors (Lipinski definition) is 6. The molecule has 1 unspecified atom stereocenters. The fourth-order valence-electron chi connectivity index (χ4n) is 0.643. The predicted octanol–water partition coefficient (Wildman–Crippen LogP) is 2.19. The summed E-state index contributed by atoms with van der Waals surface area (Å²) in [5.41, 5.74) is 0.0853. The van der Waals surface area contributed by atoms with Gasteiger partial charge in [0.1, 0.15) is 10.5 Å². The fraction of sp³-hybridized carbons (Fsp3) is 0.600. The number of hydrogen-bond donors (Lipinski definition) is 0. The van der Waals surface area contributed by atoms with E-state index in [-0.39, 0.29) is 17.4 Å². The Kier molecular flexibility index (Phi) is 6.73. The molecule has 0 rings (SSSR count). The van der Waals surface area contributed by atoms with Crippen LogP contribution in [-0.2, 0) is 9.63 Å². The molecule has 18 heavy (non-hydrogen) atoms. The molecule has 8 heteroatoms. The number of carbonyl (C=O) groups is 2. The third-order valence-corrected chi connectivity index (χ3v) is 3.61. The summed E-state index contributed by atoms with van der Waals surface area (Å²) < 4.78 is 0.164. The summed E-state index contributed by atoms with van der Waals surface area (Å²) in [4.78, 5) is 26.9. The lowest BCUT2D eigenvalue weighted by atomic mass is 10.2. The van der Waals surface area contributed by atoms with Crippen LogP contribution in [0.3, 0.4) is 0 Å². The van der Waals surface area contributed by atoms with Gasteiger partial charge in [-0.15, -0.1) is 11.6 Å². The molecule has 0 aliphatic carbocycles. The van der Waals surface area contributed by atoms with E-state index in [1.54, 1.807) is 6.92 Å². The van der Waals surface area contributed by atoms with Gasteiger partial charge in [0.2, 0.25) is 0 Å². The van der Waals surface area contributed by atoms with Crippen LogP contribution < -0.4 is 0 Å². The van der Waals surface area contributed by atoms with Gasteiger partial charge in [0.25, 0.3) is 0 Å². The normalized spacial score (nSPS) is 14.3. The summed E-state index contributed by atoms with van der Waals surface area (Å²) in [6.07, 6.45) is -0.785. The van der Waals surface area contributed by atoms with Crippen molar-refractivity contribution in [3.05, 3.63) is 0 Å². The summed E-state index contributed by atoms with van der Waals surface area (Å²) in [7, 11) is 1.42. The Morgan fingerprint density at radius 3 is 2.50 bits per heavy atom. The lowest BCUT2D eigenvalue weighted by Gasteiger charge is -2.22. The number of alkyl halides is 1. The van der Waals surface area contributed by atoms with E-state index in [4.69, 9.17) is 16.9 Å². The van der Waals surface area contributed by atoms with Gasteiger partial charge in [0.15, 0.2) is 5.78 Å². The highest BCUT2D eigenvalue weighted by atomic mass is 35.5. The molecule has 6 nitrogen and oxygen atoms in total. The number of amides is 1. The lowest BCUT2D eigenvalue weighted by molar-refractivity contribution is -0.111. The quantitative estimate of drug-likeness (QED) is 0.255. The number of nitriles is 1. The van der Waals surface area contributed by atoms with Gasteiger partial charge in [0, 0.05) is 14.0 Å². The van der Waals surface area contributed by atoms with Crippen molar-refractivity contribution in [2.75, 3.05) is 12.9 Å². The number of Topliss-reactive ketones (excluding diaryl/α,β-unsaturated/α-hetero) is 1. The molecular formula is C10H14ClN3O3S. The van der Waals surface area contributed by atoms with Gasteiger partial charge in [-0.1, -0.05) is 5.16 Å². The Morgan fingerprint density at radius 2 is 2.11 bits per heavy atom. The molecule has 0 N–H and O–H groups in total. The van der Waals surface area contributed by atoms with Gasteiger partial charge in [0.05, 0.1) is 11.9 Å². The molecule has 0 bridgehead atoms. The Hall–Kier alpha value is -1.26. The van der Waals surface area contributed by atoms with E-state index >= 15 is 0 Å². The van der Waals surface area contributed by atoms with E-state index in [1.165, 1.54) is 20.9 Å². The molecule has 0 saturated heterocycles. The first kappa shape index (κ1) is 16.7. The van der Waals surface area contributed by atoms with E-state index in [9.17, 15) is 9.59 Å². The molecule has 0 heterocycles. The second-order valence-corrected chi connectivity index (χ2v) is 5.55. The highest BCUT2D eigenvalue weighted by Crippen LogP contribution is 2.28. The van der Waals surface area contributed by atoms with Crippen LogP contribution in [0, 0.1) is 11.3 Å². The average molecular weight is 292 g/mol. The van der Waals surface area contributed by atoms with Gasteiger partial charge < -0.3 is 0 Å². The highest BCUT2D eigenvalue weighted by Gasteiger charge is 2.29. The average Bonchev–Trinajstić information content (AvgIpc) is 2.34. The zero-order valence-electron chi connectivity index (χ0n) is 10.6. The first-order chi connectivity index (χ1) is 8.25. The first-order valence-corrected chi connectivity index (χ1v) is 6.23. The fourth-order valence-corrected chi connectivity index (χ4v) is 1.65. The zero-order chi connectivity index (χ0) is 14.3. The summed E-state index contributed by atoms with van der Waals surface area (Å²) in [5.74, 6) is -0.234. The molecule has 100 valence electrons. The van der Waals surface area contributed by atoms with Crippen molar-refractivity contribution in [2.24, 2.45) is 5.16 Å². The third-order valence-electron chi connectivity index (χ3n) is 1.86. The molecule has 0 spiro atoms. The standard InChI is InChI=1S/C10H14ClN3O3S/c1-7(8(2)15)13-17-9(16)14(4)18-10(3,5-11)6-12/h5H2,1-4H3/b13-7+. The molecule has 0 aromatic heterocycles. The number of carbonyl (C=O) groups excluding carboxylic acids is 2. The van der Waals surface area contributed by atoms with E-state index in [0.717, 1.165) is 16.3 Å². The predicted molar refractivity (Wildman–Crippen MR) is 70.4 cm³/mol. The summed E-state index contributed by atoms with van der Waals surface area (Å²) in [5, 5.41) is 12.3. The van der Waals surface area contributed by atoms with Crippen molar-refractivity contribution >= 4 is 41.1 Å². The molecule has 0 fully saturated rings. The van der Waals surface area contributed by atoms with Crippen LogP contribution in [0.5, 0.6) is 0 Å². The summed E-state index contributed by atoms with van der Waals surface area (Å²) in [6, 6.07) is 1.99. The van der Waals surface area contributed by atoms with Crippen LogP contribution in [0.2, 0.25) is 0 Å². The van der Waals surface area contributed by atoms with Crippen molar-refractivity contribution in [2.45, 2.75) is 25.5 Å². The largest absolute Gasteiger partial charge is 0.445 e. The van der Waals surface area contributed by atoms with Crippen molar-refractivity contribution in [3.63, 3.8) is 0 Å². The van der Waals surface area contributed by atoms with Gasteiger partial charge >= 0.3 is 6.09 Å². The number of ketones is 1. The second-order valence-electron chi connectivity index (χ2n) is 3.66. The van der Waals surface area contributed by atoms with Crippen molar-refractivity contribution in [1.29, 1.82) is 5.26 Å².